The largest absolute Gasteiger partial charge is 0.324 e. The van der Waals surface area contributed by atoms with E-state index in [1.807, 2.05) is 13.0 Å². The molecule has 1 aromatic heterocycles. The summed E-state index contributed by atoms with van der Waals surface area (Å²) in [5.41, 5.74) is 1.15. The topological polar surface area (TPSA) is 84.0 Å². The van der Waals surface area contributed by atoms with E-state index in [4.69, 9.17) is 0 Å². The fourth-order valence-corrected chi connectivity index (χ4v) is 3.30. The zero-order chi connectivity index (χ0) is 14.8. The number of rotatable bonds is 3. The average molecular weight is 320 g/mol. The number of hydrogen-bond donors (Lipinski definition) is 2. The van der Waals surface area contributed by atoms with Gasteiger partial charge in [-0.15, -0.1) is 22.0 Å². The second-order valence-electron chi connectivity index (χ2n) is 4.36. The van der Waals surface area contributed by atoms with E-state index in [2.05, 4.69) is 20.8 Å². The van der Waals surface area contributed by atoms with Crippen LogP contribution in [0, 0.1) is 0 Å². The number of nitrogens with one attached hydrogen (secondary N) is 2. The third kappa shape index (κ3) is 3.06. The number of aromatic nitrogens is 2. The number of carbonyl (C=O) groups excluding carboxylic acids is 2. The number of thioether (sulfide) groups is 1. The van der Waals surface area contributed by atoms with Gasteiger partial charge >= 0.3 is 0 Å². The second-order valence-corrected chi connectivity index (χ2v) is 6.44. The molecular formula is C13H12N4O2S2. The Morgan fingerprint density at radius 2 is 2.29 bits per heavy atom. The SMILES string of the molecule is CCc1nnc(NC(=O)c2ccc3c(c2)NC(=O)CS3)s1. The first kappa shape index (κ1) is 14.0. The summed E-state index contributed by atoms with van der Waals surface area (Å²) in [4.78, 5) is 24.5. The Labute approximate surface area is 129 Å². The second kappa shape index (κ2) is 5.82. The van der Waals surface area contributed by atoms with Gasteiger partial charge in [-0.2, -0.15) is 0 Å². The lowest BCUT2D eigenvalue weighted by Crippen LogP contribution is -2.19. The molecule has 0 bridgehead atoms. The molecule has 0 saturated heterocycles. The first-order chi connectivity index (χ1) is 10.2. The van der Waals surface area contributed by atoms with Gasteiger partial charge in [-0.3, -0.25) is 14.9 Å². The smallest absolute Gasteiger partial charge is 0.257 e. The maximum Gasteiger partial charge on any atom is 0.257 e. The number of anilines is 2. The zero-order valence-electron chi connectivity index (χ0n) is 11.2. The molecule has 0 atom stereocenters. The summed E-state index contributed by atoms with van der Waals surface area (Å²) in [6.07, 6.45) is 0.787. The van der Waals surface area contributed by atoms with Crippen molar-refractivity contribution in [2.75, 3.05) is 16.4 Å². The fraction of sp³-hybridized carbons (Fsp3) is 0.231. The quantitative estimate of drug-likeness (QED) is 0.907. The van der Waals surface area contributed by atoms with Gasteiger partial charge in [0, 0.05) is 10.5 Å². The molecule has 2 amide bonds. The minimum absolute atomic E-state index is 0.0539. The highest BCUT2D eigenvalue weighted by atomic mass is 32.2. The average Bonchev–Trinajstić information content (AvgIpc) is 2.94. The molecule has 0 fully saturated rings. The maximum atomic E-state index is 12.2. The molecule has 0 unspecified atom stereocenters. The van der Waals surface area contributed by atoms with Crippen LogP contribution in [0.2, 0.25) is 0 Å². The lowest BCUT2D eigenvalue weighted by Gasteiger charge is -2.16. The number of carbonyl (C=O) groups is 2. The molecule has 2 N–H and O–H groups in total. The highest BCUT2D eigenvalue weighted by Gasteiger charge is 2.18. The van der Waals surface area contributed by atoms with Gasteiger partial charge in [0.2, 0.25) is 11.0 Å². The van der Waals surface area contributed by atoms with Crippen LogP contribution in [-0.2, 0) is 11.2 Å². The van der Waals surface area contributed by atoms with Crippen molar-refractivity contribution < 1.29 is 9.59 Å². The molecule has 0 saturated carbocycles. The predicted octanol–water partition coefficient (Wildman–Crippen LogP) is 2.40. The van der Waals surface area contributed by atoms with Crippen molar-refractivity contribution in [3.8, 4) is 0 Å². The first-order valence-corrected chi connectivity index (χ1v) is 8.16. The van der Waals surface area contributed by atoms with Crippen molar-refractivity contribution in [2.24, 2.45) is 0 Å². The van der Waals surface area contributed by atoms with Crippen LogP contribution in [0.5, 0.6) is 0 Å². The van der Waals surface area contributed by atoms with Crippen LogP contribution in [0.4, 0.5) is 10.8 Å². The molecule has 1 aliphatic heterocycles. The minimum atomic E-state index is -0.263. The molecule has 21 heavy (non-hydrogen) atoms. The van der Waals surface area contributed by atoms with Gasteiger partial charge in [-0.05, 0) is 24.6 Å². The van der Waals surface area contributed by atoms with Gasteiger partial charge in [-0.1, -0.05) is 18.3 Å². The van der Waals surface area contributed by atoms with Crippen molar-refractivity contribution in [3.63, 3.8) is 0 Å². The van der Waals surface area contributed by atoms with E-state index < -0.39 is 0 Å². The third-order valence-corrected chi connectivity index (χ3v) is 4.92. The van der Waals surface area contributed by atoms with Gasteiger partial charge in [0.05, 0.1) is 11.4 Å². The molecule has 2 heterocycles. The highest BCUT2D eigenvalue weighted by Crippen LogP contribution is 2.32. The standard InChI is InChI=1S/C13H12N4O2S2/c1-2-11-16-17-13(21-11)15-12(19)7-3-4-9-8(5-7)14-10(18)6-20-9/h3-5H,2,6H2,1H3,(H,14,18)(H,15,17,19). The Hall–Kier alpha value is -1.93. The summed E-state index contributed by atoms with van der Waals surface area (Å²) in [5.74, 6) is 0.0894. The number of benzene rings is 1. The van der Waals surface area contributed by atoms with Crippen molar-refractivity contribution in [1.82, 2.24) is 10.2 Å². The molecule has 1 aliphatic rings. The molecular weight excluding hydrogens is 308 g/mol. The van der Waals surface area contributed by atoms with Crippen molar-refractivity contribution in [2.45, 2.75) is 18.2 Å². The van der Waals surface area contributed by atoms with Gasteiger partial charge in [0.25, 0.3) is 5.91 Å². The Bertz CT molecular complexity index is 714. The number of fused-ring (bicyclic) bond motifs is 1. The summed E-state index contributed by atoms with van der Waals surface area (Å²) in [5, 5.41) is 14.7. The zero-order valence-corrected chi connectivity index (χ0v) is 12.8. The Morgan fingerprint density at radius 1 is 1.43 bits per heavy atom. The van der Waals surface area contributed by atoms with Crippen LogP contribution < -0.4 is 10.6 Å². The molecule has 3 rings (SSSR count). The van der Waals surface area contributed by atoms with E-state index in [0.29, 0.717) is 22.1 Å². The molecule has 1 aromatic carbocycles. The highest BCUT2D eigenvalue weighted by molar-refractivity contribution is 8.00. The van der Waals surface area contributed by atoms with Crippen molar-refractivity contribution in [3.05, 3.63) is 28.8 Å². The van der Waals surface area contributed by atoms with Crippen LogP contribution >= 0.6 is 23.1 Å². The van der Waals surface area contributed by atoms with Crippen LogP contribution in [0.25, 0.3) is 0 Å². The molecule has 0 radical (unpaired) electrons. The van der Waals surface area contributed by atoms with E-state index in [0.717, 1.165) is 16.3 Å². The van der Waals surface area contributed by atoms with E-state index in [1.54, 1.807) is 12.1 Å². The van der Waals surface area contributed by atoms with Crippen molar-refractivity contribution >= 4 is 45.7 Å². The summed E-state index contributed by atoms with van der Waals surface area (Å²) in [7, 11) is 0. The predicted molar refractivity (Wildman–Crippen MR) is 83.0 cm³/mol. The first-order valence-electron chi connectivity index (χ1n) is 6.36. The van der Waals surface area contributed by atoms with Gasteiger partial charge in [-0.25, -0.2) is 0 Å². The summed E-state index contributed by atoms with van der Waals surface area (Å²) in [6.45, 7) is 1.98. The maximum absolute atomic E-state index is 12.2. The van der Waals surface area contributed by atoms with Crippen LogP contribution in [0.15, 0.2) is 23.1 Å². The summed E-state index contributed by atoms with van der Waals surface area (Å²) < 4.78 is 0. The molecule has 0 spiro atoms. The Morgan fingerprint density at radius 3 is 3.05 bits per heavy atom. The van der Waals surface area contributed by atoms with E-state index in [-0.39, 0.29) is 11.8 Å². The number of nitrogens with zero attached hydrogens (tertiary/aromatic N) is 2. The van der Waals surface area contributed by atoms with Crippen LogP contribution in [0.1, 0.15) is 22.3 Å². The number of aryl methyl sites for hydroxylation is 1. The van der Waals surface area contributed by atoms with E-state index >= 15 is 0 Å². The van der Waals surface area contributed by atoms with Crippen LogP contribution in [-0.4, -0.2) is 27.8 Å². The number of hydrogen-bond acceptors (Lipinski definition) is 6. The lowest BCUT2D eigenvalue weighted by atomic mass is 10.2. The molecule has 8 heteroatoms. The third-order valence-electron chi connectivity index (χ3n) is 2.86. The molecule has 108 valence electrons. The van der Waals surface area contributed by atoms with E-state index in [9.17, 15) is 9.59 Å². The van der Waals surface area contributed by atoms with Gasteiger partial charge < -0.3 is 5.32 Å². The summed E-state index contributed by atoms with van der Waals surface area (Å²) >= 11 is 2.82. The Balaban J connectivity index is 1.78. The Kier molecular flexibility index (Phi) is 3.89. The van der Waals surface area contributed by atoms with Gasteiger partial charge in [0.15, 0.2) is 0 Å². The van der Waals surface area contributed by atoms with Crippen LogP contribution in [0.3, 0.4) is 0 Å². The van der Waals surface area contributed by atoms with Crippen molar-refractivity contribution in [1.29, 1.82) is 0 Å². The summed E-state index contributed by atoms with van der Waals surface area (Å²) in [6, 6.07) is 5.25. The molecule has 0 aliphatic carbocycles. The normalized spacial score (nSPS) is 13.5. The minimum Gasteiger partial charge on any atom is -0.324 e. The van der Waals surface area contributed by atoms with E-state index in [1.165, 1.54) is 23.1 Å². The number of amides is 2. The van der Waals surface area contributed by atoms with Gasteiger partial charge in [0.1, 0.15) is 5.01 Å². The lowest BCUT2D eigenvalue weighted by molar-refractivity contribution is -0.113. The monoisotopic (exact) mass is 320 g/mol. The molecule has 2 aromatic rings. The molecule has 6 nitrogen and oxygen atoms in total. The fourth-order valence-electron chi connectivity index (χ4n) is 1.84.